The van der Waals surface area contributed by atoms with E-state index in [2.05, 4.69) is 40.4 Å². The topological polar surface area (TPSA) is 65.1 Å². The zero-order chi connectivity index (χ0) is 22.0. The molecule has 0 N–H and O–H groups in total. The molecule has 29 heavy (non-hydrogen) atoms. The van der Waals surface area contributed by atoms with E-state index in [1.54, 1.807) is 0 Å². The van der Waals surface area contributed by atoms with Crippen LogP contribution < -0.4 is 0 Å². The number of hydrogen-bond donors (Lipinski definition) is 0. The average Bonchev–Trinajstić information content (AvgIpc) is 2.58. The van der Waals surface area contributed by atoms with Gasteiger partial charge in [0.2, 0.25) is 0 Å². The fourth-order valence-electron chi connectivity index (χ4n) is 3.09. The zero-order valence-corrected chi connectivity index (χ0v) is 19.5. The van der Waals surface area contributed by atoms with Crippen molar-refractivity contribution < 1.29 is 23.5 Å². The molecule has 0 aromatic heterocycles. The lowest BCUT2D eigenvalue weighted by molar-refractivity contribution is -0.175. The Bertz CT molecular complexity index is 756. The van der Waals surface area contributed by atoms with Crippen LogP contribution in [0.5, 0.6) is 0 Å². The second kappa shape index (κ2) is 8.71. The summed E-state index contributed by atoms with van der Waals surface area (Å²) in [5.41, 5.74) is 1.42. The minimum atomic E-state index is -2.04. The van der Waals surface area contributed by atoms with Crippen molar-refractivity contribution in [1.82, 2.24) is 4.90 Å². The molecule has 6 nitrogen and oxygen atoms in total. The van der Waals surface area contributed by atoms with Crippen molar-refractivity contribution in [3.8, 4) is 0 Å². The molecule has 160 valence electrons. The Morgan fingerprint density at radius 2 is 1.79 bits per heavy atom. The van der Waals surface area contributed by atoms with Crippen molar-refractivity contribution in [2.45, 2.75) is 71.7 Å². The number of esters is 1. The van der Waals surface area contributed by atoms with Crippen LogP contribution in [0.2, 0.25) is 18.1 Å². The van der Waals surface area contributed by atoms with E-state index in [4.69, 9.17) is 13.9 Å². The molecule has 1 amide bonds. The van der Waals surface area contributed by atoms with Crippen LogP contribution in [0.15, 0.2) is 42.6 Å². The van der Waals surface area contributed by atoms with E-state index in [1.165, 1.54) is 11.8 Å². The summed E-state index contributed by atoms with van der Waals surface area (Å²) >= 11 is 0. The van der Waals surface area contributed by atoms with Gasteiger partial charge >= 0.3 is 12.1 Å². The summed E-state index contributed by atoms with van der Waals surface area (Å²) in [7, 11) is -2.04. The van der Waals surface area contributed by atoms with E-state index >= 15 is 0 Å². The molecule has 1 aromatic rings. The van der Waals surface area contributed by atoms with Gasteiger partial charge in [-0.1, -0.05) is 57.7 Å². The van der Waals surface area contributed by atoms with Crippen molar-refractivity contribution in [2.75, 3.05) is 0 Å². The molecule has 1 heterocycles. The van der Waals surface area contributed by atoms with Crippen LogP contribution in [-0.2, 0) is 25.3 Å². The highest BCUT2D eigenvalue weighted by atomic mass is 28.4. The molecule has 0 unspecified atom stereocenters. The van der Waals surface area contributed by atoms with E-state index in [0.29, 0.717) is 5.70 Å². The van der Waals surface area contributed by atoms with Crippen molar-refractivity contribution in [2.24, 2.45) is 5.92 Å². The lowest BCUT2D eigenvalue weighted by Crippen LogP contribution is -2.62. The van der Waals surface area contributed by atoms with Crippen LogP contribution in [0.1, 0.15) is 40.2 Å². The molecule has 1 aliphatic heterocycles. The highest BCUT2D eigenvalue weighted by Crippen LogP contribution is 2.44. The number of carbonyl (C=O) groups excluding carboxylic acids is 2. The number of benzene rings is 1. The third-order valence-corrected chi connectivity index (χ3v) is 10.3. The molecule has 2 rings (SSSR count). The average molecular weight is 420 g/mol. The van der Waals surface area contributed by atoms with Gasteiger partial charge in [0.1, 0.15) is 6.61 Å². The Balaban J connectivity index is 2.10. The van der Waals surface area contributed by atoms with Gasteiger partial charge in [0.15, 0.2) is 14.5 Å². The van der Waals surface area contributed by atoms with Gasteiger partial charge in [0.25, 0.3) is 0 Å². The van der Waals surface area contributed by atoms with E-state index in [-0.39, 0.29) is 23.7 Å². The van der Waals surface area contributed by atoms with E-state index in [0.717, 1.165) is 5.56 Å². The van der Waals surface area contributed by atoms with Crippen molar-refractivity contribution in [3.05, 3.63) is 48.2 Å². The maximum Gasteiger partial charge on any atom is 0.417 e. The molecule has 0 saturated carbocycles. The molecular weight excluding hydrogens is 386 g/mol. The second-order valence-corrected chi connectivity index (χ2v) is 13.8. The third-order valence-electron chi connectivity index (χ3n) is 5.74. The molecule has 1 saturated heterocycles. The van der Waals surface area contributed by atoms with Crippen LogP contribution in [0.3, 0.4) is 0 Å². The Hall–Kier alpha value is -2.12. The van der Waals surface area contributed by atoms with Crippen molar-refractivity contribution in [3.63, 3.8) is 0 Å². The summed E-state index contributed by atoms with van der Waals surface area (Å²) in [6.45, 7) is 18.3. The molecule has 0 aliphatic carbocycles. The molecule has 1 fully saturated rings. The number of likely N-dealkylation sites (tertiary alicyclic amines) is 1. The predicted molar refractivity (Wildman–Crippen MR) is 114 cm³/mol. The summed E-state index contributed by atoms with van der Waals surface area (Å²) < 4.78 is 17.3. The standard InChI is InChI=1S/C22H33NO5Si/c1-15-19(16(2)28-29(7,8)22(4,5)6)20(27-17(3)24)23(15)21(25)26-14-18-12-10-9-11-13-18/h9-13,16,19-20H,1,14H2,2-8H3/t16-,19+,20+/m0/s1. The van der Waals surface area contributed by atoms with Gasteiger partial charge in [-0.05, 0) is 30.6 Å². The molecule has 0 radical (unpaired) electrons. The Morgan fingerprint density at radius 3 is 2.31 bits per heavy atom. The monoisotopic (exact) mass is 419 g/mol. The van der Waals surface area contributed by atoms with Gasteiger partial charge in [0, 0.05) is 12.6 Å². The van der Waals surface area contributed by atoms with Gasteiger partial charge in [-0.2, -0.15) is 0 Å². The number of carbonyl (C=O) groups is 2. The minimum Gasteiger partial charge on any atom is -0.444 e. The summed E-state index contributed by atoms with van der Waals surface area (Å²) in [5.74, 6) is -0.759. The van der Waals surface area contributed by atoms with Crippen molar-refractivity contribution >= 4 is 20.4 Å². The lowest BCUT2D eigenvalue weighted by atomic mass is 9.88. The highest BCUT2D eigenvalue weighted by Gasteiger charge is 2.53. The largest absolute Gasteiger partial charge is 0.444 e. The lowest BCUT2D eigenvalue weighted by Gasteiger charge is -2.51. The first-order chi connectivity index (χ1) is 13.3. The number of rotatable bonds is 6. The van der Waals surface area contributed by atoms with Crippen LogP contribution in [0.25, 0.3) is 0 Å². The third kappa shape index (κ3) is 5.28. The smallest absolute Gasteiger partial charge is 0.417 e. The number of amides is 1. The molecule has 1 aromatic carbocycles. The van der Waals surface area contributed by atoms with E-state index in [9.17, 15) is 9.59 Å². The SMILES string of the molecule is C=C1[C@H]([C@H](C)O[Si](C)(C)C(C)(C)C)[C@@H](OC(C)=O)N1C(=O)OCc1ccccc1. The number of nitrogens with zero attached hydrogens (tertiary/aromatic N) is 1. The highest BCUT2D eigenvalue weighted by molar-refractivity contribution is 6.74. The number of hydrogen-bond acceptors (Lipinski definition) is 5. The van der Waals surface area contributed by atoms with Crippen LogP contribution in [0.4, 0.5) is 4.79 Å². The van der Waals surface area contributed by atoms with Gasteiger partial charge in [-0.25, -0.2) is 9.69 Å². The summed E-state index contributed by atoms with van der Waals surface area (Å²) in [4.78, 5) is 25.6. The van der Waals surface area contributed by atoms with Crippen molar-refractivity contribution in [1.29, 1.82) is 0 Å². The molecule has 0 bridgehead atoms. The first-order valence-electron chi connectivity index (χ1n) is 9.89. The van der Waals surface area contributed by atoms with E-state index in [1.807, 2.05) is 37.3 Å². The number of ether oxygens (including phenoxy) is 2. The maximum absolute atomic E-state index is 12.6. The Morgan fingerprint density at radius 1 is 1.21 bits per heavy atom. The normalized spacial score (nSPS) is 20.7. The Labute approximate surface area is 175 Å². The van der Waals surface area contributed by atoms with Gasteiger partial charge in [-0.3, -0.25) is 4.79 Å². The first kappa shape index (κ1) is 23.2. The summed E-state index contributed by atoms with van der Waals surface area (Å²) in [5, 5.41) is 0.0393. The fraction of sp³-hybridized carbons (Fsp3) is 0.545. The van der Waals surface area contributed by atoms with Crippen LogP contribution in [0, 0.1) is 5.92 Å². The fourth-order valence-corrected chi connectivity index (χ4v) is 4.52. The molecular formula is C22H33NO5Si. The molecule has 3 atom stereocenters. The zero-order valence-electron chi connectivity index (χ0n) is 18.5. The first-order valence-corrected chi connectivity index (χ1v) is 12.8. The molecule has 1 aliphatic rings. The molecule has 7 heteroatoms. The molecule has 0 spiro atoms. The Kier molecular flexibility index (Phi) is 6.96. The van der Waals surface area contributed by atoms with Crippen LogP contribution in [-0.4, -0.2) is 37.6 Å². The van der Waals surface area contributed by atoms with Gasteiger partial charge < -0.3 is 13.9 Å². The quantitative estimate of drug-likeness (QED) is 0.476. The summed E-state index contributed by atoms with van der Waals surface area (Å²) in [6.07, 6.45) is -1.60. The predicted octanol–water partition coefficient (Wildman–Crippen LogP) is 5.07. The minimum absolute atomic E-state index is 0.0393. The van der Waals surface area contributed by atoms with Gasteiger partial charge in [-0.15, -0.1) is 0 Å². The van der Waals surface area contributed by atoms with E-state index < -0.39 is 26.6 Å². The van der Waals surface area contributed by atoms with Gasteiger partial charge in [0.05, 0.1) is 12.0 Å². The van der Waals surface area contributed by atoms with Crippen LogP contribution >= 0.6 is 0 Å². The summed E-state index contributed by atoms with van der Waals surface area (Å²) in [6, 6.07) is 9.40. The maximum atomic E-state index is 12.6. The second-order valence-electron chi connectivity index (χ2n) is 9.01.